The van der Waals surface area contributed by atoms with Crippen molar-refractivity contribution in [3.05, 3.63) is 70.8 Å². The lowest BCUT2D eigenvalue weighted by Crippen LogP contribution is -2.49. The number of nitrogens with one attached hydrogen (secondary N) is 1. The largest absolute Gasteiger partial charge is 0.416 e. The molecule has 0 spiro atoms. The first-order chi connectivity index (χ1) is 15.9. The molecule has 2 aromatic carbocycles. The maximum Gasteiger partial charge on any atom is 0.416 e. The number of benzene rings is 2. The van der Waals surface area contributed by atoms with E-state index >= 15 is 0 Å². The SMILES string of the molecule is C[C@H](C(=O)NC1(c2ccccc2)CCC(CCO)CC1)c1cc(C(F)(F)F)cc(C(F)(F)F)c1. The Bertz CT molecular complexity index is 947. The number of aliphatic hydroxyl groups excluding tert-OH is 1. The smallest absolute Gasteiger partial charge is 0.396 e. The summed E-state index contributed by atoms with van der Waals surface area (Å²) in [6, 6.07) is 10.4. The Labute approximate surface area is 194 Å². The number of halogens is 6. The Hall–Kier alpha value is -2.55. The number of carbonyl (C=O) groups is 1. The van der Waals surface area contributed by atoms with Crippen LogP contribution in [0.2, 0.25) is 0 Å². The van der Waals surface area contributed by atoms with Crippen molar-refractivity contribution in [1.29, 1.82) is 0 Å². The third-order valence-corrected chi connectivity index (χ3v) is 6.69. The molecule has 9 heteroatoms. The van der Waals surface area contributed by atoms with Gasteiger partial charge in [0.15, 0.2) is 0 Å². The van der Waals surface area contributed by atoms with Crippen LogP contribution < -0.4 is 5.32 Å². The summed E-state index contributed by atoms with van der Waals surface area (Å²) in [5, 5.41) is 12.2. The van der Waals surface area contributed by atoms with Crippen molar-refractivity contribution in [3.8, 4) is 0 Å². The minimum Gasteiger partial charge on any atom is -0.396 e. The van der Waals surface area contributed by atoms with Crippen LogP contribution in [0.4, 0.5) is 26.3 Å². The molecule has 0 aromatic heterocycles. The first-order valence-corrected chi connectivity index (χ1v) is 11.1. The molecular weight excluding hydrogens is 460 g/mol. The second-order valence-electron chi connectivity index (χ2n) is 8.95. The Morgan fingerprint density at radius 1 is 1.00 bits per heavy atom. The van der Waals surface area contributed by atoms with Crippen LogP contribution in [0.1, 0.15) is 67.2 Å². The van der Waals surface area contributed by atoms with E-state index in [1.54, 1.807) is 0 Å². The first-order valence-electron chi connectivity index (χ1n) is 11.1. The van der Waals surface area contributed by atoms with Gasteiger partial charge in [-0.15, -0.1) is 0 Å². The van der Waals surface area contributed by atoms with E-state index in [1.807, 2.05) is 30.3 Å². The van der Waals surface area contributed by atoms with Gasteiger partial charge in [-0.25, -0.2) is 0 Å². The van der Waals surface area contributed by atoms with Gasteiger partial charge in [-0.05, 0) is 74.3 Å². The second-order valence-corrected chi connectivity index (χ2v) is 8.95. The average molecular weight is 487 g/mol. The van der Waals surface area contributed by atoms with Crippen molar-refractivity contribution in [2.45, 2.75) is 62.8 Å². The van der Waals surface area contributed by atoms with Crippen molar-refractivity contribution in [2.75, 3.05) is 6.61 Å². The monoisotopic (exact) mass is 487 g/mol. The highest BCUT2D eigenvalue weighted by atomic mass is 19.4. The van der Waals surface area contributed by atoms with E-state index in [4.69, 9.17) is 0 Å². The fraction of sp³-hybridized carbons (Fsp3) is 0.480. The maximum atomic E-state index is 13.3. The summed E-state index contributed by atoms with van der Waals surface area (Å²) in [6.45, 7) is 1.37. The molecule has 0 unspecified atom stereocenters. The molecule has 0 bridgehead atoms. The molecule has 2 aromatic rings. The number of hydrogen-bond acceptors (Lipinski definition) is 2. The summed E-state index contributed by atoms with van der Waals surface area (Å²) < 4.78 is 79.6. The van der Waals surface area contributed by atoms with Gasteiger partial charge in [-0.3, -0.25) is 4.79 Å². The van der Waals surface area contributed by atoms with Crippen molar-refractivity contribution >= 4 is 5.91 Å². The van der Waals surface area contributed by atoms with Crippen LogP contribution in [-0.4, -0.2) is 17.6 Å². The molecule has 0 radical (unpaired) electrons. The van der Waals surface area contributed by atoms with Crippen LogP contribution in [0.25, 0.3) is 0 Å². The van der Waals surface area contributed by atoms with E-state index in [2.05, 4.69) is 5.32 Å². The number of rotatable bonds is 6. The van der Waals surface area contributed by atoms with Crippen LogP contribution in [-0.2, 0) is 22.7 Å². The van der Waals surface area contributed by atoms with Crippen molar-refractivity contribution < 1.29 is 36.2 Å². The molecule has 1 amide bonds. The van der Waals surface area contributed by atoms with Crippen molar-refractivity contribution in [2.24, 2.45) is 5.92 Å². The highest BCUT2D eigenvalue weighted by molar-refractivity contribution is 5.84. The molecule has 1 aliphatic carbocycles. The Morgan fingerprint density at radius 3 is 2.00 bits per heavy atom. The van der Waals surface area contributed by atoms with Crippen LogP contribution in [0.15, 0.2) is 48.5 Å². The number of alkyl halides is 6. The summed E-state index contributed by atoms with van der Waals surface area (Å²) in [7, 11) is 0. The lowest BCUT2D eigenvalue weighted by molar-refractivity contribution is -0.143. The summed E-state index contributed by atoms with van der Waals surface area (Å²) in [4.78, 5) is 13.2. The molecule has 34 heavy (non-hydrogen) atoms. The second kappa shape index (κ2) is 9.98. The van der Waals surface area contributed by atoms with Crippen LogP contribution in [0, 0.1) is 5.92 Å². The van der Waals surface area contributed by atoms with E-state index in [0.717, 1.165) is 18.4 Å². The van der Waals surface area contributed by atoms with Gasteiger partial charge in [0.25, 0.3) is 0 Å². The molecular formula is C25H27F6NO2. The van der Waals surface area contributed by atoms with Gasteiger partial charge in [0.05, 0.1) is 22.6 Å². The van der Waals surface area contributed by atoms with Crippen molar-refractivity contribution in [3.63, 3.8) is 0 Å². The molecule has 1 atom stereocenters. The van der Waals surface area contributed by atoms with E-state index in [1.165, 1.54) is 6.92 Å². The molecule has 2 N–H and O–H groups in total. The van der Waals surface area contributed by atoms with E-state index in [9.17, 15) is 36.2 Å². The van der Waals surface area contributed by atoms with Gasteiger partial charge >= 0.3 is 12.4 Å². The van der Waals surface area contributed by atoms with Crippen LogP contribution in [0.3, 0.4) is 0 Å². The van der Waals surface area contributed by atoms with Gasteiger partial charge in [-0.2, -0.15) is 26.3 Å². The lowest BCUT2D eigenvalue weighted by atomic mass is 9.71. The molecule has 0 heterocycles. The standard InChI is InChI=1S/C25H27F6NO2/c1-16(18-13-20(24(26,27)28)15-21(14-18)25(29,30)31)22(34)32-23(19-5-3-2-4-6-19)10-7-17(8-11-23)9-12-33/h2-6,13-17,33H,7-12H2,1H3,(H,32,34)/t16-,17?,23?/m0/s1. The summed E-state index contributed by atoms with van der Waals surface area (Å²) >= 11 is 0. The Morgan fingerprint density at radius 2 is 1.53 bits per heavy atom. The minimum atomic E-state index is -4.98. The normalized spacial score (nSPS) is 22.3. The zero-order valence-electron chi connectivity index (χ0n) is 18.6. The van der Waals surface area contributed by atoms with E-state index in [0.29, 0.717) is 31.4 Å². The van der Waals surface area contributed by atoms with Crippen LogP contribution >= 0.6 is 0 Å². The van der Waals surface area contributed by atoms with Crippen LogP contribution in [0.5, 0.6) is 0 Å². The highest BCUT2D eigenvalue weighted by Crippen LogP contribution is 2.42. The molecule has 0 saturated heterocycles. The predicted octanol–water partition coefficient (Wildman–Crippen LogP) is 6.41. The number of hydrogen-bond donors (Lipinski definition) is 2. The fourth-order valence-corrected chi connectivity index (χ4v) is 4.61. The number of amides is 1. The van der Waals surface area contributed by atoms with Gasteiger partial charge in [0, 0.05) is 6.61 Å². The highest BCUT2D eigenvalue weighted by Gasteiger charge is 2.40. The molecule has 1 fully saturated rings. The molecule has 1 saturated carbocycles. The third kappa shape index (κ3) is 5.92. The maximum absolute atomic E-state index is 13.3. The predicted molar refractivity (Wildman–Crippen MR) is 115 cm³/mol. The number of aliphatic hydroxyl groups is 1. The Kier molecular flexibility index (Phi) is 7.65. The minimum absolute atomic E-state index is 0.0576. The molecule has 3 nitrogen and oxygen atoms in total. The van der Waals surface area contributed by atoms with Gasteiger partial charge < -0.3 is 10.4 Å². The summed E-state index contributed by atoms with van der Waals surface area (Å²) in [6.07, 6.45) is -6.77. The number of carbonyl (C=O) groups excluding carboxylic acids is 1. The average Bonchev–Trinajstić information content (AvgIpc) is 2.79. The molecule has 0 aliphatic heterocycles. The molecule has 186 valence electrons. The van der Waals surface area contributed by atoms with Gasteiger partial charge in [0.1, 0.15) is 0 Å². The zero-order valence-corrected chi connectivity index (χ0v) is 18.6. The van der Waals surface area contributed by atoms with Gasteiger partial charge in [-0.1, -0.05) is 30.3 Å². The molecule has 1 aliphatic rings. The van der Waals surface area contributed by atoms with E-state index in [-0.39, 0.29) is 24.2 Å². The van der Waals surface area contributed by atoms with Crippen molar-refractivity contribution in [1.82, 2.24) is 5.32 Å². The quantitative estimate of drug-likeness (QED) is 0.463. The summed E-state index contributed by atoms with van der Waals surface area (Å²) in [5.74, 6) is -1.59. The molecule has 3 rings (SSSR count). The zero-order chi connectivity index (χ0) is 25.1. The Balaban J connectivity index is 1.92. The third-order valence-electron chi connectivity index (χ3n) is 6.69. The van der Waals surface area contributed by atoms with Gasteiger partial charge in [0.2, 0.25) is 5.91 Å². The fourth-order valence-electron chi connectivity index (χ4n) is 4.61. The summed E-state index contributed by atoms with van der Waals surface area (Å²) in [5.41, 5.74) is -3.19. The lowest BCUT2D eigenvalue weighted by Gasteiger charge is -2.42. The topological polar surface area (TPSA) is 49.3 Å². The van der Waals surface area contributed by atoms with E-state index < -0.39 is 40.8 Å². The first kappa shape index (κ1) is 26.1.